The smallest absolute Gasteiger partial charge is 0.0542 e. The van der Waals surface area contributed by atoms with Gasteiger partial charge >= 0.3 is 0 Å². The van der Waals surface area contributed by atoms with E-state index in [9.17, 15) is 0 Å². The molecule has 19 heavy (non-hydrogen) atoms. The number of halogens is 1. The molecule has 0 saturated heterocycles. The van der Waals surface area contributed by atoms with Crippen LogP contribution in [-0.2, 0) is 6.54 Å². The van der Waals surface area contributed by atoms with Gasteiger partial charge in [0, 0.05) is 23.3 Å². The predicted octanol–water partition coefficient (Wildman–Crippen LogP) is 4.31. The Morgan fingerprint density at radius 3 is 2.68 bits per heavy atom. The maximum atomic E-state index is 4.37. The Kier molecular flexibility index (Phi) is 4.72. The van der Waals surface area contributed by atoms with Gasteiger partial charge in [-0.1, -0.05) is 23.8 Å². The van der Waals surface area contributed by atoms with Gasteiger partial charge in [-0.15, -0.1) is 0 Å². The second kappa shape index (κ2) is 6.31. The molecule has 3 heteroatoms. The molecule has 1 heterocycles. The number of aromatic nitrogens is 1. The number of hydrogen-bond acceptors (Lipinski definition) is 2. The van der Waals surface area contributed by atoms with Crippen LogP contribution in [0.5, 0.6) is 0 Å². The predicted molar refractivity (Wildman–Crippen MR) is 83.1 cm³/mol. The largest absolute Gasteiger partial charge is 0.305 e. The zero-order valence-corrected chi connectivity index (χ0v) is 13.2. The van der Waals surface area contributed by atoms with Gasteiger partial charge in [-0.25, -0.2) is 0 Å². The van der Waals surface area contributed by atoms with E-state index in [-0.39, 0.29) is 0 Å². The summed E-state index contributed by atoms with van der Waals surface area (Å²) in [6.07, 6.45) is 1.83. The highest BCUT2D eigenvalue weighted by Gasteiger charge is 2.08. The molecule has 0 aliphatic rings. The van der Waals surface area contributed by atoms with Gasteiger partial charge < -0.3 is 5.32 Å². The standard InChI is InChI=1S/C16H19BrN2/c1-11-4-5-12(2)16(8-11)13(3)18-10-15-7-6-14(17)9-19-15/h4-9,13,18H,10H2,1-3H3. The second-order valence-electron chi connectivity index (χ2n) is 4.93. The molecule has 0 aliphatic carbocycles. The third-order valence-electron chi connectivity index (χ3n) is 3.28. The Morgan fingerprint density at radius 2 is 2.00 bits per heavy atom. The lowest BCUT2D eigenvalue weighted by molar-refractivity contribution is 0.565. The molecule has 1 aromatic heterocycles. The molecule has 1 aromatic carbocycles. The highest BCUT2D eigenvalue weighted by Crippen LogP contribution is 2.19. The normalized spacial score (nSPS) is 12.4. The molecule has 2 nitrogen and oxygen atoms in total. The summed E-state index contributed by atoms with van der Waals surface area (Å²) in [5.41, 5.74) is 5.04. The van der Waals surface area contributed by atoms with Crippen LogP contribution in [0.1, 0.15) is 35.3 Å². The van der Waals surface area contributed by atoms with Crippen molar-refractivity contribution >= 4 is 15.9 Å². The zero-order valence-electron chi connectivity index (χ0n) is 11.6. The van der Waals surface area contributed by atoms with E-state index < -0.39 is 0 Å². The highest BCUT2D eigenvalue weighted by atomic mass is 79.9. The summed E-state index contributed by atoms with van der Waals surface area (Å²) in [7, 11) is 0. The fraction of sp³-hybridized carbons (Fsp3) is 0.312. The molecule has 1 unspecified atom stereocenters. The molecule has 2 rings (SSSR count). The first-order chi connectivity index (χ1) is 9.06. The molecular formula is C16H19BrN2. The van der Waals surface area contributed by atoms with Gasteiger partial charge in [0.05, 0.1) is 5.69 Å². The minimum atomic E-state index is 0.324. The van der Waals surface area contributed by atoms with Crippen LogP contribution in [0.15, 0.2) is 41.0 Å². The summed E-state index contributed by atoms with van der Waals surface area (Å²) in [5, 5.41) is 3.52. The first kappa shape index (κ1) is 14.2. The van der Waals surface area contributed by atoms with E-state index in [4.69, 9.17) is 0 Å². The summed E-state index contributed by atoms with van der Waals surface area (Å²) >= 11 is 3.40. The quantitative estimate of drug-likeness (QED) is 0.908. The van der Waals surface area contributed by atoms with Gasteiger partial charge in [-0.05, 0) is 60.0 Å². The number of rotatable bonds is 4. The van der Waals surface area contributed by atoms with Crippen LogP contribution in [-0.4, -0.2) is 4.98 Å². The number of nitrogens with zero attached hydrogens (tertiary/aromatic N) is 1. The van der Waals surface area contributed by atoms with Gasteiger partial charge in [0.1, 0.15) is 0 Å². The number of nitrogens with one attached hydrogen (secondary N) is 1. The van der Waals surface area contributed by atoms with Crippen LogP contribution < -0.4 is 5.32 Å². The molecule has 0 amide bonds. The SMILES string of the molecule is Cc1ccc(C)c(C(C)NCc2ccc(Br)cn2)c1. The molecule has 0 radical (unpaired) electrons. The molecule has 1 N–H and O–H groups in total. The minimum absolute atomic E-state index is 0.324. The second-order valence-corrected chi connectivity index (χ2v) is 5.85. The number of hydrogen-bond donors (Lipinski definition) is 1. The minimum Gasteiger partial charge on any atom is -0.305 e. The van der Waals surface area contributed by atoms with Crippen molar-refractivity contribution in [3.63, 3.8) is 0 Å². The summed E-state index contributed by atoms with van der Waals surface area (Å²) < 4.78 is 1.01. The lowest BCUT2D eigenvalue weighted by atomic mass is 10.00. The summed E-state index contributed by atoms with van der Waals surface area (Å²) in [4.78, 5) is 4.37. The Hall–Kier alpha value is -1.19. The van der Waals surface area contributed by atoms with Crippen molar-refractivity contribution in [3.05, 3.63) is 63.4 Å². The van der Waals surface area contributed by atoms with Crippen LogP contribution in [0.25, 0.3) is 0 Å². The molecular weight excluding hydrogens is 300 g/mol. The maximum Gasteiger partial charge on any atom is 0.0542 e. The zero-order chi connectivity index (χ0) is 13.8. The Balaban J connectivity index is 2.03. The van der Waals surface area contributed by atoms with Crippen molar-refractivity contribution in [2.75, 3.05) is 0 Å². The Morgan fingerprint density at radius 1 is 1.21 bits per heavy atom. The molecule has 0 spiro atoms. The van der Waals surface area contributed by atoms with Gasteiger partial charge in [-0.3, -0.25) is 4.98 Å². The Bertz CT molecular complexity index is 549. The van der Waals surface area contributed by atoms with Crippen LogP contribution in [0.4, 0.5) is 0 Å². The molecule has 1 atom stereocenters. The lowest BCUT2D eigenvalue weighted by Crippen LogP contribution is -2.19. The van der Waals surface area contributed by atoms with Gasteiger partial charge in [0.2, 0.25) is 0 Å². The average Bonchev–Trinajstić information content (AvgIpc) is 2.40. The van der Waals surface area contributed by atoms with Gasteiger partial charge in [0.25, 0.3) is 0 Å². The molecule has 0 bridgehead atoms. The first-order valence-corrected chi connectivity index (χ1v) is 7.26. The van der Waals surface area contributed by atoms with E-state index in [2.05, 4.69) is 65.2 Å². The van der Waals surface area contributed by atoms with Gasteiger partial charge in [-0.2, -0.15) is 0 Å². The summed E-state index contributed by atoms with van der Waals surface area (Å²) in [6.45, 7) is 7.26. The van der Waals surface area contributed by atoms with Crippen molar-refractivity contribution < 1.29 is 0 Å². The maximum absolute atomic E-state index is 4.37. The first-order valence-electron chi connectivity index (χ1n) is 6.47. The molecule has 2 aromatic rings. The molecule has 0 fully saturated rings. The summed E-state index contributed by atoms with van der Waals surface area (Å²) in [6, 6.07) is 11.0. The van der Waals surface area contributed by atoms with E-state index in [1.165, 1.54) is 16.7 Å². The third-order valence-corrected chi connectivity index (χ3v) is 3.75. The topological polar surface area (TPSA) is 24.9 Å². The van der Waals surface area contributed by atoms with Crippen LogP contribution in [0, 0.1) is 13.8 Å². The van der Waals surface area contributed by atoms with Crippen molar-refractivity contribution in [2.24, 2.45) is 0 Å². The van der Waals surface area contributed by atoms with Crippen molar-refractivity contribution in [1.29, 1.82) is 0 Å². The average molecular weight is 319 g/mol. The lowest BCUT2D eigenvalue weighted by Gasteiger charge is -2.17. The fourth-order valence-electron chi connectivity index (χ4n) is 2.11. The van der Waals surface area contributed by atoms with E-state index in [1.807, 2.05) is 18.3 Å². The van der Waals surface area contributed by atoms with E-state index in [1.54, 1.807) is 0 Å². The third kappa shape index (κ3) is 3.88. The van der Waals surface area contributed by atoms with Crippen LogP contribution >= 0.6 is 15.9 Å². The summed E-state index contributed by atoms with van der Waals surface area (Å²) in [5.74, 6) is 0. The number of benzene rings is 1. The molecule has 100 valence electrons. The van der Waals surface area contributed by atoms with Crippen molar-refractivity contribution in [3.8, 4) is 0 Å². The number of aryl methyl sites for hydroxylation is 2. The molecule has 0 saturated carbocycles. The van der Waals surface area contributed by atoms with Crippen LogP contribution in [0.3, 0.4) is 0 Å². The Labute approximate surface area is 123 Å². The number of pyridine rings is 1. The fourth-order valence-corrected chi connectivity index (χ4v) is 2.34. The molecule has 0 aliphatic heterocycles. The van der Waals surface area contributed by atoms with E-state index >= 15 is 0 Å². The van der Waals surface area contributed by atoms with E-state index in [0.29, 0.717) is 6.04 Å². The van der Waals surface area contributed by atoms with Crippen molar-refractivity contribution in [1.82, 2.24) is 10.3 Å². The van der Waals surface area contributed by atoms with Gasteiger partial charge in [0.15, 0.2) is 0 Å². The monoisotopic (exact) mass is 318 g/mol. The van der Waals surface area contributed by atoms with E-state index in [0.717, 1.165) is 16.7 Å². The van der Waals surface area contributed by atoms with Crippen LogP contribution in [0.2, 0.25) is 0 Å². The highest BCUT2D eigenvalue weighted by molar-refractivity contribution is 9.10. The van der Waals surface area contributed by atoms with Crippen molar-refractivity contribution in [2.45, 2.75) is 33.4 Å².